The molecule has 0 aliphatic carbocycles. The molecule has 108 valence electrons. The van der Waals surface area contributed by atoms with Crippen molar-refractivity contribution in [1.29, 1.82) is 0 Å². The van der Waals surface area contributed by atoms with E-state index in [0.717, 1.165) is 11.1 Å². The Hall–Kier alpha value is -2.52. The predicted molar refractivity (Wildman–Crippen MR) is 87.0 cm³/mol. The molecule has 0 spiro atoms. The summed E-state index contributed by atoms with van der Waals surface area (Å²) in [5.74, 6) is -0.0307. The van der Waals surface area contributed by atoms with E-state index in [1.54, 1.807) is 12.1 Å². The average molecular weight is 309 g/mol. The van der Waals surface area contributed by atoms with Gasteiger partial charge in [-0.3, -0.25) is 4.79 Å². The van der Waals surface area contributed by atoms with Gasteiger partial charge in [-0.25, -0.2) is 9.97 Å². The van der Waals surface area contributed by atoms with Crippen LogP contribution in [0.2, 0.25) is 5.02 Å². The maximum absolute atomic E-state index is 12.3. The summed E-state index contributed by atoms with van der Waals surface area (Å²) >= 11 is 5.99. The highest BCUT2D eigenvalue weighted by Crippen LogP contribution is 2.21. The zero-order chi connectivity index (χ0) is 15.4. The number of nitrogens with zero attached hydrogens (tertiary/aromatic N) is 2. The molecule has 3 aromatic rings. The van der Waals surface area contributed by atoms with Gasteiger partial charge >= 0.3 is 0 Å². The molecule has 0 aliphatic heterocycles. The number of carbonyl (C=O) groups is 1. The topological polar surface area (TPSA) is 42.9 Å². The van der Waals surface area contributed by atoms with Crippen LogP contribution in [0.15, 0.2) is 67.0 Å². The van der Waals surface area contributed by atoms with Crippen LogP contribution in [0.4, 0.5) is 0 Å². The van der Waals surface area contributed by atoms with E-state index in [1.165, 1.54) is 6.33 Å². The van der Waals surface area contributed by atoms with Gasteiger partial charge in [-0.2, -0.15) is 0 Å². The van der Waals surface area contributed by atoms with Crippen LogP contribution in [0.3, 0.4) is 0 Å². The van der Waals surface area contributed by atoms with E-state index in [0.29, 0.717) is 22.8 Å². The molecule has 0 atom stereocenters. The predicted octanol–water partition coefficient (Wildman–Crippen LogP) is 4.22. The van der Waals surface area contributed by atoms with Crippen LogP contribution in [0, 0.1) is 0 Å². The van der Waals surface area contributed by atoms with E-state index in [2.05, 4.69) is 9.97 Å². The molecular weight excluding hydrogens is 296 g/mol. The molecule has 0 amide bonds. The van der Waals surface area contributed by atoms with Gasteiger partial charge in [0.1, 0.15) is 12.0 Å². The fourth-order valence-electron chi connectivity index (χ4n) is 2.19. The van der Waals surface area contributed by atoms with Crippen molar-refractivity contribution in [3.63, 3.8) is 0 Å². The summed E-state index contributed by atoms with van der Waals surface area (Å²) < 4.78 is 0. The van der Waals surface area contributed by atoms with E-state index in [1.807, 2.05) is 48.5 Å². The number of Topliss-reactive ketones (excluding diaryl/α,β-unsaturated/α-hetero) is 1. The lowest BCUT2D eigenvalue weighted by Gasteiger charge is -2.04. The average Bonchev–Trinajstić information content (AvgIpc) is 2.56. The highest BCUT2D eigenvalue weighted by molar-refractivity contribution is 6.30. The van der Waals surface area contributed by atoms with Crippen LogP contribution in [-0.4, -0.2) is 15.8 Å². The Balaban J connectivity index is 1.86. The molecular formula is C18H13ClN2O. The molecule has 0 saturated heterocycles. The highest BCUT2D eigenvalue weighted by atomic mass is 35.5. The Labute approximate surface area is 133 Å². The molecule has 0 saturated carbocycles. The minimum Gasteiger partial charge on any atom is -0.292 e. The van der Waals surface area contributed by atoms with Gasteiger partial charge in [0, 0.05) is 17.0 Å². The second-order valence-corrected chi connectivity index (χ2v) is 5.32. The molecule has 1 heterocycles. The molecule has 22 heavy (non-hydrogen) atoms. The first-order chi connectivity index (χ1) is 10.7. The molecule has 0 unspecified atom stereocenters. The molecule has 0 radical (unpaired) electrons. The van der Waals surface area contributed by atoms with E-state index in [9.17, 15) is 4.79 Å². The molecule has 0 bridgehead atoms. The third-order valence-electron chi connectivity index (χ3n) is 3.28. The lowest BCUT2D eigenvalue weighted by Crippen LogP contribution is -2.06. The van der Waals surface area contributed by atoms with Crippen LogP contribution in [0.5, 0.6) is 0 Å². The molecule has 0 fully saturated rings. The molecule has 0 N–H and O–H groups in total. The maximum atomic E-state index is 12.3. The second kappa shape index (κ2) is 6.50. The van der Waals surface area contributed by atoms with E-state index in [-0.39, 0.29) is 5.78 Å². The lowest BCUT2D eigenvalue weighted by molar-refractivity contribution is 0.0988. The number of halogens is 1. The number of rotatable bonds is 4. The molecule has 3 nitrogen and oxygen atoms in total. The number of benzene rings is 2. The van der Waals surface area contributed by atoms with Gasteiger partial charge < -0.3 is 0 Å². The monoisotopic (exact) mass is 308 g/mol. The molecule has 3 rings (SSSR count). The van der Waals surface area contributed by atoms with Gasteiger partial charge in [0.15, 0.2) is 5.78 Å². The Morgan fingerprint density at radius 1 is 0.955 bits per heavy atom. The minimum absolute atomic E-state index is 0.0307. The van der Waals surface area contributed by atoms with Crippen LogP contribution in [0.1, 0.15) is 16.1 Å². The standard InChI is InChI=1S/C18H13ClN2O/c19-15-8-4-7-14(10-15)16-11-17(21-12-20-16)18(22)9-13-5-2-1-3-6-13/h1-8,10-12H,9H2. The normalized spacial score (nSPS) is 10.4. The zero-order valence-electron chi connectivity index (χ0n) is 11.7. The summed E-state index contributed by atoms with van der Waals surface area (Å²) in [6, 6.07) is 18.7. The van der Waals surface area contributed by atoms with Gasteiger partial charge in [-0.15, -0.1) is 0 Å². The van der Waals surface area contributed by atoms with Crippen molar-refractivity contribution in [3.05, 3.63) is 83.3 Å². The third-order valence-corrected chi connectivity index (χ3v) is 3.52. The van der Waals surface area contributed by atoms with Gasteiger partial charge in [0.25, 0.3) is 0 Å². The Morgan fingerprint density at radius 3 is 2.55 bits per heavy atom. The van der Waals surface area contributed by atoms with E-state index in [4.69, 9.17) is 11.6 Å². The zero-order valence-corrected chi connectivity index (χ0v) is 12.5. The summed E-state index contributed by atoms with van der Waals surface area (Å²) in [4.78, 5) is 20.7. The number of ketones is 1. The van der Waals surface area contributed by atoms with Crippen LogP contribution >= 0.6 is 11.6 Å². The van der Waals surface area contributed by atoms with Crippen molar-refractivity contribution in [2.75, 3.05) is 0 Å². The summed E-state index contributed by atoms with van der Waals surface area (Å²) in [5, 5.41) is 0.633. The summed E-state index contributed by atoms with van der Waals surface area (Å²) in [6.45, 7) is 0. The van der Waals surface area contributed by atoms with Gasteiger partial charge in [-0.1, -0.05) is 54.1 Å². The first-order valence-corrected chi connectivity index (χ1v) is 7.25. The van der Waals surface area contributed by atoms with Gasteiger partial charge in [0.2, 0.25) is 0 Å². The van der Waals surface area contributed by atoms with Crippen molar-refractivity contribution in [3.8, 4) is 11.3 Å². The largest absolute Gasteiger partial charge is 0.292 e. The molecule has 0 aliphatic rings. The molecule has 4 heteroatoms. The first kappa shape index (κ1) is 14.4. The number of hydrogen-bond acceptors (Lipinski definition) is 3. The van der Waals surface area contributed by atoms with Crippen molar-refractivity contribution in [2.24, 2.45) is 0 Å². The van der Waals surface area contributed by atoms with Crippen molar-refractivity contribution >= 4 is 17.4 Å². The smallest absolute Gasteiger partial charge is 0.185 e. The van der Waals surface area contributed by atoms with Crippen molar-refractivity contribution in [1.82, 2.24) is 9.97 Å². The maximum Gasteiger partial charge on any atom is 0.185 e. The summed E-state index contributed by atoms with van der Waals surface area (Å²) in [6.07, 6.45) is 1.74. The number of hydrogen-bond donors (Lipinski definition) is 0. The van der Waals surface area contributed by atoms with Gasteiger partial charge in [0.05, 0.1) is 5.69 Å². The quantitative estimate of drug-likeness (QED) is 0.678. The van der Waals surface area contributed by atoms with E-state index < -0.39 is 0 Å². The Morgan fingerprint density at radius 2 is 1.77 bits per heavy atom. The number of carbonyl (C=O) groups excluding carboxylic acids is 1. The minimum atomic E-state index is -0.0307. The Kier molecular flexibility index (Phi) is 4.26. The second-order valence-electron chi connectivity index (χ2n) is 4.88. The van der Waals surface area contributed by atoms with Crippen LogP contribution in [0.25, 0.3) is 11.3 Å². The highest BCUT2D eigenvalue weighted by Gasteiger charge is 2.10. The summed E-state index contributed by atoms with van der Waals surface area (Å²) in [7, 11) is 0. The van der Waals surface area contributed by atoms with Crippen LogP contribution < -0.4 is 0 Å². The van der Waals surface area contributed by atoms with Crippen molar-refractivity contribution < 1.29 is 4.79 Å². The first-order valence-electron chi connectivity index (χ1n) is 6.87. The van der Waals surface area contributed by atoms with E-state index >= 15 is 0 Å². The fourth-order valence-corrected chi connectivity index (χ4v) is 2.38. The third kappa shape index (κ3) is 3.38. The molecule has 1 aromatic heterocycles. The summed E-state index contributed by atoms with van der Waals surface area (Å²) in [5.41, 5.74) is 2.93. The fraction of sp³-hybridized carbons (Fsp3) is 0.0556. The molecule has 2 aromatic carbocycles. The van der Waals surface area contributed by atoms with Crippen LogP contribution in [-0.2, 0) is 6.42 Å². The van der Waals surface area contributed by atoms with Crippen molar-refractivity contribution in [2.45, 2.75) is 6.42 Å². The Bertz CT molecular complexity index is 803. The lowest BCUT2D eigenvalue weighted by atomic mass is 10.1. The van der Waals surface area contributed by atoms with Gasteiger partial charge in [-0.05, 0) is 23.8 Å². The SMILES string of the molecule is O=C(Cc1ccccc1)c1cc(-c2cccc(Cl)c2)ncn1. The number of aromatic nitrogens is 2.